The first-order valence-electron chi connectivity index (χ1n) is 9.04. The third kappa shape index (κ3) is 9.84. The van der Waals surface area contributed by atoms with Crippen LogP contribution in [0.15, 0.2) is 24.3 Å². The van der Waals surface area contributed by atoms with Crippen LogP contribution in [0.4, 0.5) is 4.79 Å². The van der Waals surface area contributed by atoms with E-state index < -0.39 is 29.3 Å². The Morgan fingerprint density at radius 2 is 1.56 bits per heavy atom. The largest absolute Gasteiger partial charge is 0.492 e. The van der Waals surface area contributed by atoms with E-state index in [0.29, 0.717) is 18.9 Å². The molecular weight excluding hydrogens is 348 g/mol. The van der Waals surface area contributed by atoms with Crippen molar-refractivity contribution >= 4 is 12.1 Å². The fourth-order valence-electron chi connectivity index (χ4n) is 2.15. The summed E-state index contributed by atoms with van der Waals surface area (Å²) in [7, 11) is 0. The molecule has 152 valence electrons. The molecule has 1 aromatic carbocycles. The van der Waals surface area contributed by atoms with E-state index in [2.05, 4.69) is 5.32 Å². The molecule has 0 heterocycles. The first kappa shape index (κ1) is 22.8. The van der Waals surface area contributed by atoms with Gasteiger partial charge in [-0.15, -0.1) is 0 Å². The maximum atomic E-state index is 12.5. The van der Waals surface area contributed by atoms with E-state index in [9.17, 15) is 9.59 Å². The molecule has 0 aliphatic rings. The molecule has 0 aliphatic carbocycles. The minimum absolute atomic E-state index is 0.269. The number of nitrogens with two attached hydrogens (primary N) is 1. The third-order valence-corrected chi connectivity index (χ3v) is 3.13. The fraction of sp³-hybridized carbons (Fsp3) is 0.600. The number of hydrogen-bond donors (Lipinski definition) is 2. The summed E-state index contributed by atoms with van der Waals surface area (Å²) in [4.78, 5) is 24.7. The molecule has 3 N–H and O–H groups in total. The van der Waals surface area contributed by atoms with Gasteiger partial charge in [0.25, 0.3) is 0 Å². The number of carbonyl (C=O) groups excluding carboxylic acids is 2. The van der Waals surface area contributed by atoms with Crippen LogP contribution in [-0.4, -0.2) is 42.5 Å². The van der Waals surface area contributed by atoms with Gasteiger partial charge in [-0.25, -0.2) is 9.59 Å². The Hall–Kier alpha value is -2.28. The summed E-state index contributed by atoms with van der Waals surface area (Å²) < 4.78 is 16.1. The molecular formula is C20H32N2O5. The van der Waals surface area contributed by atoms with Crippen LogP contribution < -0.4 is 15.8 Å². The Kier molecular flexibility index (Phi) is 8.09. The zero-order chi connectivity index (χ0) is 20.7. The van der Waals surface area contributed by atoms with Crippen molar-refractivity contribution in [1.29, 1.82) is 0 Å². The molecule has 0 radical (unpaired) electrons. The summed E-state index contributed by atoms with van der Waals surface area (Å²) in [6.07, 6.45) is -0.396. The second kappa shape index (κ2) is 9.60. The highest BCUT2D eigenvalue weighted by atomic mass is 16.6. The molecule has 7 heteroatoms. The van der Waals surface area contributed by atoms with Crippen molar-refractivity contribution in [3.05, 3.63) is 29.8 Å². The number of ether oxygens (including phenoxy) is 3. The predicted octanol–water partition coefficient (Wildman–Crippen LogP) is 2.80. The molecule has 1 amide bonds. The lowest BCUT2D eigenvalue weighted by Crippen LogP contribution is -2.47. The van der Waals surface area contributed by atoms with Crippen LogP contribution in [0.2, 0.25) is 0 Å². The number of alkyl carbamates (subject to hydrolysis) is 1. The molecule has 1 aromatic rings. The Labute approximate surface area is 161 Å². The summed E-state index contributed by atoms with van der Waals surface area (Å²) in [6.45, 7) is 11.5. The van der Waals surface area contributed by atoms with Crippen molar-refractivity contribution < 1.29 is 23.8 Å². The minimum atomic E-state index is -0.866. The van der Waals surface area contributed by atoms with Crippen LogP contribution in [0, 0.1) is 0 Å². The minimum Gasteiger partial charge on any atom is -0.492 e. The van der Waals surface area contributed by atoms with E-state index in [-0.39, 0.29) is 6.42 Å². The van der Waals surface area contributed by atoms with Crippen LogP contribution in [0.3, 0.4) is 0 Å². The highest BCUT2D eigenvalue weighted by molar-refractivity contribution is 5.82. The van der Waals surface area contributed by atoms with Crippen LogP contribution in [0.5, 0.6) is 5.75 Å². The smallest absolute Gasteiger partial charge is 0.408 e. The molecule has 0 unspecified atom stereocenters. The highest BCUT2D eigenvalue weighted by Gasteiger charge is 2.28. The third-order valence-electron chi connectivity index (χ3n) is 3.13. The molecule has 1 atom stereocenters. The molecule has 0 aromatic heterocycles. The Balaban J connectivity index is 2.86. The molecule has 0 spiro atoms. The molecule has 7 nitrogen and oxygen atoms in total. The van der Waals surface area contributed by atoms with Gasteiger partial charge in [0.1, 0.15) is 29.6 Å². The summed E-state index contributed by atoms with van der Waals surface area (Å²) in [5.41, 5.74) is 4.94. The second-order valence-corrected chi connectivity index (χ2v) is 8.22. The monoisotopic (exact) mass is 380 g/mol. The van der Waals surface area contributed by atoms with Crippen molar-refractivity contribution in [3.63, 3.8) is 0 Å². The second-order valence-electron chi connectivity index (χ2n) is 8.22. The van der Waals surface area contributed by atoms with Crippen molar-refractivity contribution in [2.45, 2.75) is 65.2 Å². The average molecular weight is 380 g/mol. The van der Waals surface area contributed by atoms with Crippen molar-refractivity contribution in [3.8, 4) is 5.75 Å². The maximum Gasteiger partial charge on any atom is 0.408 e. The van der Waals surface area contributed by atoms with Gasteiger partial charge in [-0.3, -0.25) is 0 Å². The molecule has 27 heavy (non-hydrogen) atoms. The zero-order valence-electron chi connectivity index (χ0n) is 17.1. The normalized spacial score (nSPS) is 12.9. The van der Waals surface area contributed by atoms with Gasteiger partial charge in [0.2, 0.25) is 0 Å². The van der Waals surface area contributed by atoms with E-state index in [1.807, 2.05) is 12.1 Å². The standard InChI is InChI=1S/C20H32N2O5/c1-19(2,3)26-17(23)16(22-18(24)27-20(4,5)6)13-14-7-9-15(10-8-14)25-12-11-21/h7-10,16H,11-13,21H2,1-6H3,(H,22,24)/t16-/m0/s1. The number of carbonyl (C=O) groups is 2. The number of esters is 1. The predicted molar refractivity (Wildman–Crippen MR) is 104 cm³/mol. The topological polar surface area (TPSA) is 99.9 Å². The van der Waals surface area contributed by atoms with Crippen LogP contribution >= 0.6 is 0 Å². The van der Waals surface area contributed by atoms with Gasteiger partial charge in [0.05, 0.1) is 0 Å². The Morgan fingerprint density at radius 3 is 2.04 bits per heavy atom. The van der Waals surface area contributed by atoms with Crippen LogP contribution in [-0.2, 0) is 20.7 Å². The molecule has 0 fully saturated rings. The first-order valence-corrected chi connectivity index (χ1v) is 9.04. The molecule has 0 aliphatic heterocycles. The van der Waals surface area contributed by atoms with Crippen LogP contribution in [0.1, 0.15) is 47.1 Å². The molecule has 0 saturated heterocycles. The van der Waals surface area contributed by atoms with Gasteiger partial charge in [-0.2, -0.15) is 0 Å². The molecule has 0 saturated carbocycles. The SMILES string of the molecule is CC(C)(C)OC(=O)N[C@@H](Cc1ccc(OCCN)cc1)C(=O)OC(C)(C)C. The maximum absolute atomic E-state index is 12.5. The average Bonchev–Trinajstić information content (AvgIpc) is 2.50. The number of hydrogen-bond acceptors (Lipinski definition) is 6. The summed E-state index contributed by atoms with van der Waals surface area (Å²) in [5, 5.41) is 2.61. The number of benzene rings is 1. The summed E-state index contributed by atoms with van der Waals surface area (Å²) in [5.74, 6) is 0.176. The van der Waals surface area contributed by atoms with E-state index >= 15 is 0 Å². The Bertz CT molecular complexity index is 615. The van der Waals surface area contributed by atoms with Crippen molar-refractivity contribution in [2.75, 3.05) is 13.2 Å². The number of rotatable bonds is 7. The van der Waals surface area contributed by atoms with Crippen molar-refractivity contribution in [2.24, 2.45) is 5.73 Å². The van der Waals surface area contributed by atoms with Crippen molar-refractivity contribution in [1.82, 2.24) is 5.32 Å². The van der Waals surface area contributed by atoms with Gasteiger partial charge < -0.3 is 25.3 Å². The van der Waals surface area contributed by atoms with Gasteiger partial charge in [-0.1, -0.05) is 12.1 Å². The van der Waals surface area contributed by atoms with E-state index in [1.54, 1.807) is 53.7 Å². The first-order chi connectivity index (χ1) is 12.4. The molecule has 0 bridgehead atoms. The summed E-state index contributed by atoms with van der Waals surface area (Å²) in [6, 6.07) is 6.39. The summed E-state index contributed by atoms with van der Waals surface area (Å²) >= 11 is 0. The van der Waals surface area contributed by atoms with Gasteiger partial charge in [0, 0.05) is 13.0 Å². The van der Waals surface area contributed by atoms with Gasteiger partial charge >= 0.3 is 12.1 Å². The lowest BCUT2D eigenvalue weighted by atomic mass is 10.1. The highest BCUT2D eigenvalue weighted by Crippen LogP contribution is 2.16. The van der Waals surface area contributed by atoms with E-state index in [1.165, 1.54) is 0 Å². The number of nitrogens with one attached hydrogen (secondary N) is 1. The molecule has 1 rings (SSSR count). The lowest BCUT2D eigenvalue weighted by Gasteiger charge is -2.26. The zero-order valence-corrected chi connectivity index (χ0v) is 17.1. The Morgan fingerprint density at radius 1 is 1.00 bits per heavy atom. The van der Waals surface area contributed by atoms with Gasteiger partial charge in [0.15, 0.2) is 0 Å². The van der Waals surface area contributed by atoms with Crippen LogP contribution in [0.25, 0.3) is 0 Å². The quantitative estimate of drug-likeness (QED) is 0.706. The lowest BCUT2D eigenvalue weighted by molar-refractivity contribution is -0.157. The van der Waals surface area contributed by atoms with E-state index in [0.717, 1.165) is 5.56 Å². The van der Waals surface area contributed by atoms with E-state index in [4.69, 9.17) is 19.9 Å². The number of amides is 1. The van der Waals surface area contributed by atoms with Gasteiger partial charge in [-0.05, 0) is 59.2 Å². The fourth-order valence-corrected chi connectivity index (χ4v) is 2.15.